The van der Waals surface area contributed by atoms with Gasteiger partial charge in [-0.1, -0.05) is 0 Å². The average molecular weight is 529 g/mol. The summed E-state index contributed by atoms with van der Waals surface area (Å²) in [4.78, 5) is 32.7. The van der Waals surface area contributed by atoms with Gasteiger partial charge in [-0.2, -0.15) is 13.2 Å². The number of aromatic nitrogens is 5. The van der Waals surface area contributed by atoms with Crippen molar-refractivity contribution in [3.05, 3.63) is 75.3 Å². The molecule has 0 saturated carbocycles. The SMILES string of the molecule is Cc1cc([C@H]2CN(c3nc(-c4ccc(C(F)(F)F)cc4F)c4nc(C)n(C)c(=O)c4n3)C[C@@H](C)O2)ccn1. The second kappa shape index (κ2) is 9.43. The van der Waals surface area contributed by atoms with Gasteiger partial charge in [-0.3, -0.25) is 14.3 Å². The average Bonchev–Trinajstić information content (AvgIpc) is 2.86. The molecule has 1 fully saturated rings. The van der Waals surface area contributed by atoms with E-state index < -0.39 is 23.1 Å². The smallest absolute Gasteiger partial charge is 0.367 e. The maximum atomic E-state index is 15.1. The Morgan fingerprint density at radius 1 is 1.03 bits per heavy atom. The third-order valence-electron chi connectivity index (χ3n) is 6.53. The number of rotatable bonds is 3. The highest BCUT2D eigenvalue weighted by molar-refractivity contribution is 5.89. The van der Waals surface area contributed by atoms with Gasteiger partial charge in [0, 0.05) is 31.0 Å². The Morgan fingerprint density at radius 2 is 1.79 bits per heavy atom. The maximum Gasteiger partial charge on any atom is 0.416 e. The number of morpholine rings is 1. The van der Waals surface area contributed by atoms with E-state index in [9.17, 15) is 18.0 Å². The summed E-state index contributed by atoms with van der Waals surface area (Å²) < 4.78 is 62.1. The molecule has 2 atom stereocenters. The molecule has 1 aliphatic heterocycles. The number of aryl methyl sites for hydroxylation is 2. The van der Waals surface area contributed by atoms with Gasteiger partial charge in [-0.25, -0.2) is 19.3 Å². The zero-order chi connectivity index (χ0) is 27.4. The Hall–Kier alpha value is -3.93. The molecule has 1 saturated heterocycles. The predicted octanol–water partition coefficient (Wildman–Crippen LogP) is 4.53. The Morgan fingerprint density at radius 3 is 2.47 bits per heavy atom. The summed E-state index contributed by atoms with van der Waals surface area (Å²) in [6, 6.07) is 5.95. The summed E-state index contributed by atoms with van der Waals surface area (Å²) in [5.41, 5.74) is -0.215. The molecule has 38 heavy (non-hydrogen) atoms. The van der Waals surface area contributed by atoms with Crippen LogP contribution in [-0.2, 0) is 18.0 Å². The highest BCUT2D eigenvalue weighted by atomic mass is 19.4. The van der Waals surface area contributed by atoms with Crippen LogP contribution in [0.4, 0.5) is 23.5 Å². The Labute approximate surface area is 215 Å². The van der Waals surface area contributed by atoms with Crippen LogP contribution in [0.3, 0.4) is 0 Å². The first-order valence-corrected chi connectivity index (χ1v) is 11.9. The molecule has 0 aliphatic carbocycles. The number of anilines is 1. The van der Waals surface area contributed by atoms with Crippen molar-refractivity contribution in [1.29, 1.82) is 0 Å². The number of ether oxygens (including phenoxy) is 1. The van der Waals surface area contributed by atoms with Crippen molar-refractivity contribution in [2.75, 3.05) is 18.0 Å². The highest BCUT2D eigenvalue weighted by Gasteiger charge is 2.33. The van der Waals surface area contributed by atoms with Crippen molar-refractivity contribution in [3.8, 4) is 11.3 Å². The third-order valence-corrected chi connectivity index (χ3v) is 6.53. The van der Waals surface area contributed by atoms with E-state index in [2.05, 4.69) is 19.9 Å². The number of pyridine rings is 1. The number of hydrogen-bond acceptors (Lipinski definition) is 7. The van der Waals surface area contributed by atoms with E-state index in [1.54, 1.807) is 13.1 Å². The molecule has 4 heterocycles. The maximum absolute atomic E-state index is 15.1. The van der Waals surface area contributed by atoms with Crippen LogP contribution < -0.4 is 10.5 Å². The molecule has 0 amide bonds. The van der Waals surface area contributed by atoms with Crippen LogP contribution in [0.1, 0.15) is 35.7 Å². The minimum Gasteiger partial charge on any atom is -0.367 e. The molecule has 12 heteroatoms. The van der Waals surface area contributed by atoms with Gasteiger partial charge >= 0.3 is 6.18 Å². The van der Waals surface area contributed by atoms with Crippen LogP contribution in [0.15, 0.2) is 41.3 Å². The fourth-order valence-corrected chi connectivity index (χ4v) is 4.52. The molecular formula is C26H24F4N6O2. The summed E-state index contributed by atoms with van der Waals surface area (Å²) in [7, 11) is 1.53. The van der Waals surface area contributed by atoms with Crippen LogP contribution in [0.5, 0.6) is 0 Å². The quantitative estimate of drug-likeness (QED) is 0.361. The topological polar surface area (TPSA) is 86.0 Å². The molecule has 5 rings (SSSR count). The van der Waals surface area contributed by atoms with Crippen molar-refractivity contribution in [1.82, 2.24) is 24.5 Å². The fraction of sp³-hybridized carbons (Fsp3) is 0.346. The number of nitrogens with zero attached hydrogens (tertiary/aromatic N) is 6. The number of alkyl halides is 3. The largest absolute Gasteiger partial charge is 0.416 e. The molecular weight excluding hydrogens is 504 g/mol. The zero-order valence-electron chi connectivity index (χ0n) is 21.0. The molecule has 8 nitrogen and oxygen atoms in total. The van der Waals surface area contributed by atoms with Gasteiger partial charge in [-0.05, 0) is 56.7 Å². The van der Waals surface area contributed by atoms with Crippen LogP contribution in [0.2, 0.25) is 0 Å². The number of fused-ring (bicyclic) bond motifs is 1. The zero-order valence-corrected chi connectivity index (χ0v) is 21.0. The van der Waals surface area contributed by atoms with Gasteiger partial charge in [0.2, 0.25) is 5.95 Å². The van der Waals surface area contributed by atoms with Crippen molar-refractivity contribution >= 4 is 17.0 Å². The molecule has 0 N–H and O–H groups in total. The summed E-state index contributed by atoms with van der Waals surface area (Å²) in [6.45, 7) is 6.05. The van der Waals surface area contributed by atoms with E-state index >= 15 is 4.39 Å². The molecule has 0 spiro atoms. The van der Waals surface area contributed by atoms with E-state index in [1.165, 1.54) is 11.6 Å². The van der Waals surface area contributed by atoms with Crippen LogP contribution >= 0.6 is 0 Å². The van der Waals surface area contributed by atoms with E-state index in [0.29, 0.717) is 25.0 Å². The molecule has 0 bridgehead atoms. The van der Waals surface area contributed by atoms with Crippen molar-refractivity contribution < 1.29 is 22.3 Å². The van der Waals surface area contributed by atoms with Crippen molar-refractivity contribution in [2.45, 2.75) is 39.2 Å². The Kier molecular flexibility index (Phi) is 6.38. The van der Waals surface area contributed by atoms with E-state index in [-0.39, 0.29) is 40.4 Å². The van der Waals surface area contributed by atoms with Gasteiger partial charge < -0.3 is 9.64 Å². The molecule has 3 aromatic heterocycles. The highest BCUT2D eigenvalue weighted by Crippen LogP contribution is 2.35. The lowest BCUT2D eigenvalue weighted by atomic mass is 10.1. The Bertz CT molecular complexity index is 1600. The fourth-order valence-electron chi connectivity index (χ4n) is 4.52. The first-order valence-electron chi connectivity index (χ1n) is 11.9. The molecule has 1 aromatic carbocycles. The third kappa shape index (κ3) is 4.71. The van der Waals surface area contributed by atoms with Gasteiger partial charge in [0.15, 0.2) is 5.52 Å². The molecule has 4 aromatic rings. The van der Waals surface area contributed by atoms with Gasteiger partial charge in [0.1, 0.15) is 29.0 Å². The van der Waals surface area contributed by atoms with Gasteiger partial charge in [-0.15, -0.1) is 0 Å². The van der Waals surface area contributed by atoms with Crippen LogP contribution in [0.25, 0.3) is 22.3 Å². The van der Waals surface area contributed by atoms with Crippen molar-refractivity contribution in [2.24, 2.45) is 7.05 Å². The minimum absolute atomic E-state index is 0.00984. The lowest BCUT2D eigenvalue weighted by Gasteiger charge is -2.37. The summed E-state index contributed by atoms with van der Waals surface area (Å²) in [5.74, 6) is -0.688. The second-order valence-corrected chi connectivity index (χ2v) is 9.36. The first kappa shape index (κ1) is 25.7. The standard InChI is InChI=1S/C26H24F4N6O2/c1-13-9-16(7-8-31-13)20-12-36(11-14(2)38-20)25-33-21(18-6-5-17(10-19(18)27)26(28,29)30)22-23(34-25)24(37)35(4)15(3)32-22/h5-10,14,20H,11-12H2,1-4H3/t14-,20-/m1/s1. The second-order valence-electron chi connectivity index (χ2n) is 9.36. The molecule has 0 unspecified atom stereocenters. The molecule has 198 valence electrons. The van der Waals surface area contributed by atoms with Crippen LogP contribution in [-0.4, -0.2) is 43.7 Å². The monoisotopic (exact) mass is 528 g/mol. The van der Waals surface area contributed by atoms with Gasteiger partial charge in [0.05, 0.1) is 18.2 Å². The number of hydrogen-bond donors (Lipinski definition) is 0. The van der Waals surface area contributed by atoms with E-state index in [0.717, 1.165) is 23.4 Å². The lowest BCUT2D eigenvalue weighted by molar-refractivity contribution is -0.137. The van der Waals surface area contributed by atoms with Crippen LogP contribution in [0, 0.1) is 19.7 Å². The summed E-state index contributed by atoms with van der Waals surface area (Å²) >= 11 is 0. The molecule has 0 radical (unpaired) electrons. The molecule has 1 aliphatic rings. The van der Waals surface area contributed by atoms with Gasteiger partial charge in [0.25, 0.3) is 5.56 Å². The number of benzene rings is 1. The normalized spacial score (nSPS) is 18.3. The Balaban J connectivity index is 1.68. The van der Waals surface area contributed by atoms with E-state index in [4.69, 9.17) is 4.74 Å². The lowest BCUT2D eigenvalue weighted by Crippen LogP contribution is -2.44. The summed E-state index contributed by atoms with van der Waals surface area (Å²) in [6.07, 6.45) is -3.63. The summed E-state index contributed by atoms with van der Waals surface area (Å²) in [5, 5.41) is 0. The predicted molar refractivity (Wildman–Crippen MR) is 132 cm³/mol. The first-order chi connectivity index (χ1) is 17.9. The minimum atomic E-state index is -4.71. The van der Waals surface area contributed by atoms with E-state index in [1.807, 2.05) is 30.9 Å². The number of halogens is 4. The van der Waals surface area contributed by atoms with Crippen molar-refractivity contribution in [3.63, 3.8) is 0 Å².